The molecule has 0 aromatic carbocycles. The van der Waals surface area contributed by atoms with E-state index in [1.165, 1.54) is 0 Å². The van der Waals surface area contributed by atoms with Crippen LogP contribution in [0.5, 0.6) is 0 Å². The van der Waals surface area contributed by atoms with E-state index in [2.05, 4.69) is 11.7 Å². The second-order valence-corrected chi connectivity index (χ2v) is 3.51. The van der Waals surface area contributed by atoms with Crippen molar-refractivity contribution < 1.29 is 4.21 Å². The van der Waals surface area contributed by atoms with Crippen LogP contribution < -0.4 is 0 Å². The summed E-state index contributed by atoms with van der Waals surface area (Å²) < 4.78 is 10.8. The smallest absolute Gasteiger partial charge is 0.147 e. The lowest BCUT2D eigenvalue weighted by molar-refractivity contribution is 0.681. The van der Waals surface area contributed by atoms with Crippen molar-refractivity contribution in [2.75, 3.05) is 11.5 Å². The van der Waals surface area contributed by atoms with Gasteiger partial charge in [-0.1, -0.05) is 6.92 Å². The molecule has 10 heavy (non-hydrogen) atoms. The van der Waals surface area contributed by atoms with Crippen LogP contribution in [0.4, 0.5) is 0 Å². The van der Waals surface area contributed by atoms with Gasteiger partial charge in [0, 0.05) is 16.6 Å². The quantitative estimate of drug-likeness (QED) is 0.554. The zero-order valence-corrected chi connectivity index (χ0v) is 6.73. The maximum Gasteiger partial charge on any atom is 0.147 e. The monoisotopic (exact) mass is 158 g/mol. The molecule has 0 bridgehead atoms. The molecule has 3 nitrogen and oxygen atoms in total. The topological polar surface area (TPSA) is 53.2 Å². The van der Waals surface area contributed by atoms with Gasteiger partial charge < -0.3 is 0 Å². The third kappa shape index (κ3) is 3.36. The summed E-state index contributed by atoms with van der Waals surface area (Å²) in [7, 11) is -0.913. The summed E-state index contributed by atoms with van der Waals surface area (Å²) in [4.78, 5) is 3.49. The molecule has 0 aliphatic carbocycles. The maximum absolute atomic E-state index is 10.8. The van der Waals surface area contributed by atoms with E-state index in [0.29, 0.717) is 11.5 Å². The minimum absolute atomic E-state index is 0.316. The molecule has 56 valence electrons. The predicted molar refractivity (Wildman–Crippen MR) is 42.5 cm³/mol. The van der Waals surface area contributed by atoms with Crippen LogP contribution in [0.15, 0.2) is 4.99 Å². The highest BCUT2D eigenvalue weighted by atomic mass is 32.2. The van der Waals surface area contributed by atoms with Crippen LogP contribution in [0, 0.1) is 11.3 Å². The average molecular weight is 158 g/mol. The van der Waals surface area contributed by atoms with Gasteiger partial charge in [0.1, 0.15) is 6.04 Å². The second-order valence-electron chi connectivity index (χ2n) is 1.72. The Labute approximate surface area is 63.2 Å². The van der Waals surface area contributed by atoms with Crippen LogP contribution in [-0.4, -0.2) is 28.5 Å². The van der Waals surface area contributed by atoms with Crippen LogP contribution in [0.1, 0.15) is 6.92 Å². The first-order valence-corrected chi connectivity index (χ1v) is 4.43. The standard InChI is InChI=1S/C6H10N2OS/c1-3-10(9)5-6(4-7)8-2/h6H,2-3,5H2,1H3. The van der Waals surface area contributed by atoms with Crippen molar-refractivity contribution >= 4 is 17.5 Å². The molecule has 0 aromatic rings. The van der Waals surface area contributed by atoms with Gasteiger partial charge in [0.05, 0.1) is 11.8 Å². The number of nitriles is 1. The first-order chi connectivity index (χ1) is 4.74. The van der Waals surface area contributed by atoms with Crippen LogP contribution in [0.25, 0.3) is 0 Å². The van der Waals surface area contributed by atoms with E-state index in [-0.39, 0.29) is 0 Å². The average Bonchev–Trinajstić information content (AvgIpc) is 1.99. The van der Waals surface area contributed by atoms with E-state index in [4.69, 9.17) is 5.26 Å². The summed E-state index contributed by atoms with van der Waals surface area (Å²) in [6.07, 6.45) is 0. The van der Waals surface area contributed by atoms with Gasteiger partial charge in [0.2, 0.25) is 0 Å². The summed E-state index contributed by atoms with van der Waals surface area (Å²) >= 11 is 0. The zero-order chi connectivity index (χ0) is 7.98. The van der Waals surface area contributed by atoms with Crippen molar-refractivity contribution in [1.82, 2.24) is 0 Å². The fraction of sp³-hybridized carbons (Fsp3) is 0.667. The zero-order valence-electron chi connectivity index (χ0n) is 5.91. The van der Waals surface area contributed by atoms with Gasteiger partial charge in [0.25, 0.3) is 0 Å². The number of aliphatic imine (C=N–C) groups is 1. The van der Waals surface area contributed by atoms with Crippen LogP contribution >= 0.6 is 0 Å². The van der Waals surface area contributed by atoms with E-state index in [0.717, 1.165) is 0 Å². The maximum atomic E-state index is 10.8. The lowest BCUT2D eigenvalue weighted by atomic mass is 10.4. The van der Waals surface area contributed by atoms with E-state index in [9.17, 15) is 4.21 Å². The highest BCUT2D eigenvalue weighted by Gasteiger charge is 2.06. The normalized spacial score (nSPS) is 15.2. The summed E-state index contributed by atoms with van der Waals surface area (Å²) in [6, 6.07) is 1.40. The Balaban J connectivity index is 3.77. The highest BCUT2D eigenvalue weighted by Crippen LogP contribution is 1.91. The molecule has 0 saturated heterocycles. The molecule has 0 aliphatic heterocycles. The Morgan fingerprint density at radius 1 is 1.90 bits per heavy atom. The SMILES string of the molecule is C=NC(C#N)CS(=O)CC. The molecule has 0 radical (unpaired) electrons. The molecule has 2 unspecified atom stereocenters. The van der Waals surface area contributed by atoms with Crippen molar-refractivity contribution in [3.05, 3.63) is 0 Å². The van der Waals surface area contributed by atoms with Gasteiger partial charge in [0.15, 0.2) is 0 Å². The molecular weight excluding hydrogens is 148 g/mol. The molecule has 0 rings (SSSR count). The van der Waals surface area contributed by atoms with Gasteiger partial charge in [-0.15, -0.1) is 0 Å². The van der Waals surface area contributed by atoms with Crippen LogP contribution in [0.2, 0.25) is 0 Å². The molecule has 0 fully saturated rings. The molecule has 0 spiro atoms. The van der Waals surface area contributed by atoms with Gasteiger partial charge in [-0.2, -0.15) is 5.26 Å². The van der Waals surface area contributed by atoms with Crippen molar-refractivity contribution in [2.45, 2.75) is 13.0 Å². The minimum atomic E-state index is -0.913. The highest BCUT2D eigenvalue weighted by molar-refractivity contribution is 7.85. The Morgan fingerprint density at radius 2 is 2.50 bits per heavy atom. The first-order valence-electron chi connectivity index (χ1n) is 2.95. The predicted octanol–water partition coefficient (Wildman–Crippen LogP) is 0.348. The number of rotatable bonds is 4. The van der Waals surface area contributed by atoms with Gasteiger partial charge in [-0.25, -0.2) is 0 Å². The van der Waals surface area contributed by atoms with E-state index >= 15 is 0 Å². The van der Waals surface area contributed by atoms with Gasteiger partial charge in [-0.05, 0) is 6.72 Å². The van der Waals surface area contributed by atoms with Crippen LogP contribution in [0.3, 0.4) is 0 Å². The minimum Gasteiger partial charge on any atom is -0.281 e. The van der Waals surface area contributed by atoms with Crippen molar-refractivity contribution in [3.8, 4) is 6.07 Å². The van der Waals surface area contributed by atoms with Crippen molar-refractivity contribution in [2.24, 2.45) is 4.99 Å². The van der Waals surface area contributed by atoms with E-state index in [1.54, 1.807) is 0 Å². The summed E-state index contributed by atoms with van der Waals surface area (Å²) in [6.45, 7) is 5.03. The largest absolute Gasteiger partial charge is 0.281 e. The molecule has 0 amide bonds. The summed E-state index contributed by atoms with van der Waals surface area (Å²) in [5.74, 6) is 0.893. The molecule has 4 heteroatoms. The van der Waals surface area contributed by atoms with Gasteiger partial charge in [-0.3, -0.25) is 9.20 Å². The molecule has 0 aliphatic rings. The lowest BCUT2D eigenvalue weighted by Crippen LogP contribution is -2.13. The third-order valence-corrected chi connectivity index (χ3v) is 2.37. The summed E-state index contributed by atoms with van der Waals surface area (Å²) in [5.41, 5.74) is 0. The molecule has 0 heterocycles. The molecule has 0 saturated carbocycles. The number of hydrogen-bond donors (Lipinski definition) is 0. The Bertz CT molecular complexity index is 173. The van der Waals surface area contributed by atoms with Gasteiger partial charge >= 0.3 is 0 Å². The Morgan fingerprint density at radius 3 is 2.80 bits per heavy atom. The van der Waals surface area contributed by atoms with Crippen molar-refractivity contribution in [3.63, 3.8) is 0 Å². The summed E-state index contributed by atoms with van der Waals surface area (Å²) in [5, 5.41) is 8.35. The Hall–Kier alpha value is -0.690. The first kappa shape index (κ1) is 9.31. The molecule has 0 aromatic heterocycles. The Kier molecular flexibility index (Phi) is 4.77. The molecular formula is C6H10N2OS. The molecule has 2 atom stereocenters. The fourth-order valence-corrected chi connectivity index (χ4v) is 1.19. The fourth-order valence-electron chi connectivity index (χ4n) is 0.425. The third-order valence-electron chi connectivity index (χ3n) is 1.04. The second kappa shape index (κ2) is 5.12. The number of nitrogens with zero attached hydrogens (tertiary/aromatic N) is 2. The van der Waals surface area contributed by atoms with E-state index in [1.807, 2.05) is 13.0 Å². The van der Waals surface area contributed by atoms with Crippen molar-refractivity contribution in [1.29, 1.82) is 5.26 Å². The van der Waals surface area contributed by atoms with Crippen LogP contribution in [-0.2, 0) is 10.8 Å². The molecule has 0 N–H and O–H groups in total. The lowest BCUT2D eigenvalue weighted by Gasteiger charge is -1.99. The number of hydrogen-bond acceptors (Lipinski definition) is 3. The van der Waals surface area contributed by atoms with E-state index < -0.39 is 16.8 Å².